The second kappa shape index (κ2) is 6.60. The summed E-state index contributed by atoms with van der Waals surface area (Å²) in [5.74, 6) is 0.591. The monoisotopic (exact) mass is 292 g/mol. The summed E-state index contributed by atoms with van der Waals surface area (Å²) in [6.45, 7) is 10.9. The van der Waals surface area contributed by atoms with Gasteiger partial charge in [0.1, 0.15) is 0 Å². The third-order valence-electron chi connectivity index (χ3n) is 4.20. The van der Waals surface area contributed by atoms with Gasteiger partial charge in [0, 0.05) is 31.9 Å². The first kappa shape index (κ1) is 16.0. The predicted octanol–water partition coefficient (Wildman–Crippen LogP) is 1.89. The van der Waals surface area contributed by atoms with E-state index in [1.54, 1.807) is 4.68 Å². The van der Waals surface area contributed by atoms with Crippen LogP contribution in [0.3, 0.4) is 0 Å². The summed E-state index contributed by atoms with van der Waals surface area (Å²) in [6.07, 6.45) is 2.37. The molecule has 1 N–H and O–H groups in total. The molecule has 21 heavy (non-hydrogen) atoms. The lowest BCUT2D eigenvalue weighted by Gasteiger charge is -2.27. The van der Waals surface area contributed by atoms with Crippen molar-refractivity contribution in [3.05, 3.63) is 17.0 Å². The smallest absolute Gasteiger partial charge is 0.257 e. The van der Waals surface area contributed by atoms with Crippen LogP contribution in [0.1, 0.15) is 48.4 Å². The minimum absolute atomic E-state index is 0.125. The topological polar surface area (TPSA) is 50.2 Å². The SMILES string of the molecule is Cc1nn(C)c(C)c1C(=O)N(CC(C)C)CC1CCCN1. The van der Waals surface area contributed by atoms with Crippen LogP contribution in [0.15, 0.2) is 0 Å². The highest BCUT2D eigenvalue weighted by molar-refractivity contribution is 5.96. The van der Waals surface area contributed by atoms with Crippen LogP contribution in [0.4, 0.5) is 0 Å². The van der Waals surface area contributed by atoms with Crippen molar-refractivity contribution in [2.24, 2.45) is 13.0 Å². The third-order valence-corrected chi connectivity index (χ3v) is 4.20. The molecule has 1 fully saturated rings. The molecule has 1 atom stereocenters. The van der Waals surface area contributed by atoms with Crippen LogP contribution in [0.25, 0.3) is 0 Å². The molecule has 0 bridgehead atoms. The van der Waals surface area contributed by atoms with Gasteiger partial charge in [-0.25, -0.2) is 0 Å². The highest BCUT2D eigenvalue weighted by atomic mass is 16.2. The molecule has 1 aliphatic heterocycles. The maximum Gasteiger partial charge on any atom is 0.257 e. The average molecular weight is 292 g/mol. The minimum Gasteiger partial charge on any atom is -0.337 e. The molecule has 1 saturated heterocycles. The molecule has 0 saturated carbocycles. The van der Waals surface area contributed by atoms with Gasteiger partial charge in [0.2, 0.25) is 0 Å². The first-order valence-corrected chi connectivity index (χ1v) is 7.93. The Hall–Kier alpha value is -1.36. The van der Waals surface area contributed by atoms with Crippen LogP contribution in [0.2, 0.25) is 0 Å². The normalized spacial score (nSPS) is 18.5. The molecule has 1 amide bonds. The molecule has 118 valence electrons. The van der Waals surface area contributed by atoms with Crippen LogP contribution in [0.5, 0.6) is 0 Å². The Morgan fingerprint density at radius 1 is 1.48 bits per heavy atom. The summed E-state index contributed by atoms with van der Waals surface area (Å²) in [4.78, 5) is 15.0. The van der Waals surface area contributed by atoms with Crippen LogP contribution in [-0.2, 0) is 7.05 Å². The highest BCUT2D eigenvalue weighted by Gasteiger charge is 2.26. The van der Waals surface area contributed by atoms with Crippen molar-refractivity contribution in [2.45, 2.75) is 46.6 Å². The van der Waals surface area contributed by atoms with Gasteiger partial charge in [-0.05, 0) is 39.2 Å². The molecule has 5 nitrogen and oxygen atoms in total. The number of aryl methyl sites for hydroxylation is 2. The van der Waals surface area contributed by atoms with Crippen LogP contribution < -0.4 is 5.32 Å². The first-order chi connectivity index (χ1) is 9.90. The van der Waals surface area contributed by atoms with Gasteiger partial charge in [0.25, 0.3) is 5.91 Å². The summed E-state index contributed by atoms with van der Waals surface area (Å²) >= 11 is 0. The van der Waals surface area contributed by atoms with Crippen LogP contribution in [-0.4, -0.2) is 46.3 Å². The van der Waals surface area contributed by atoms with Crippen molar-refractivity contribution < 1.29 is 4.79 Å². The Bertz CT molecular complexity index is 501. The van der Waals surface area contributed by atoms with E-state index in [0.717, 1.165) is 43.0 Å². The molecule has 0 aromatic carbocycles. The van der Waals surface area contributed by atoms with Crippen molar-refractivity contribution >= 4 is 5.91 Å². The standard InChI is InChI=1S/C16H28N4O/c1-11(2)9-20(10-14-7-6-8-17-14)16(21)15-12(3)18-19(5)13(15)4/h11,14,17H,6-10H2,1-5H3. The summed E-state index contributed by atoms with van der Waals surface area (Å²) in [6, 6.07) is 0.435. The number of hydrogen-bond donors (Lipinski definition) is 1. The maximum absolute atomic E-state index is 13.0. The van der Waals surface area contributed by atoms with Gasteiger partial charge in [-0.15, -0.1) is 0 Å². The number of aromatic nitrogens is 2. The summed E-state index contributed by atoms with van der Waals surface area (Å²) in [5.41, 5.74) is 2.55. The Morgan fingerprint density at radius 3 is 2.67 bits per heavy atom. The van der Waals surface area contributed by atoms with Gasteiger partial charge in [-0.3, -0.25) is 9.48 Å². The van der Waals surface area contributed by atoms with E-state index in [2.05, 4.69) is 24.3 Å². The molecule has 1 unspecified atom stereocenters. The van der Waals surface area contributed by atoms with E-state index < -0.39 is 0 Å². The minimum atomic E-state index is 0.125. The number of amides is 1. The quantitative estimate of drug-likeness (QED) is 0.901. The van der Waals surface area contributed by atoms with Gasteiger partial charge in [0.05, 0.1) is 11.3 Å². The number of nitrogens with zero attached hydrogens (tertiary/aromatic N) is 3. The van der Waals surface area contributed by atoms with E-state index in [9.17, 15) is 4.79 Å². The summed E-state index contributed by atoms with van der Waals surface area (Å²) < 4.78 is 1.80. The first-order valence-electron chi connectivity index (χ1n) is 7.93. The van der Waals surface area contributed by atoms with E-state index in [4.69, 9.17) is 0 Å². The van der Waals surface area contributed by atoms with E-state index in [1.807, 2.05) is 25.8 Å². The Balaban J connectivity index is 2.20. The number of hydrogen-bond acceptors (Lipinski definition) is 3. The van der Waals surface area contributed by atoms with Crippen molar-refractivity contribution in [1.29, 1.82) is 0 Å². The lowest BCUT2D eigenvalue weighted by atomic mass is 10.1. The highest BCUT2D eigenvalue weighted by Crippen LogP contribution is 2.17. The zero-order chi connectivity index (χ0) is 15.6. The Morgan fingerprint density at radius 2 is 2.19 bits per heavy atom. The maximum atomic E-state index is 13.0. The second-order valence-electron chi connectivity index (χ2n) is 6.57. The predicted molar refractivity (Wildman–Crippen MR) is 84.4 cm³/mol. The molecule has 1 aromatic heterocycles. The molecule has 0 spiro atoms. The summed E-state index contributed by atoms with van der Waals surface area (Å²) in [5, 5.41) is 7.86. The van der Waals surface area contributed by atoms with Crippen LogP contribution in [0, 0.1) is 19.8 Å². The lowest BCUT2D eigenvalue weighted by molar-refractivity contribution is 0.0719. The molecular weight excluding hydrogens is 264 g/mol. The fraction of sp³-hybridized carbons (Fsp3) is 0.750. The van der Waals surface area contributed by atoms with E-state index in [1.165, 1.54) is 6.42 Å². The van der Waals surface area contributed by atoms with Gasteiger partial charge in [0.15, 0.2) is 0 Å². The molecule has 0 aliphatic carbocycles. The molecule has 2 heterocycles. The van der Waals surface area contributed by atoms with Gasteiger partial charge < -0.3 is 10.2 Å². The Kier molecular flexibility index (Phi) is 5.04. The van der Waals surface area contributed by atoms with E-state index in [0.29, 0.717) is 12.0 Å². The number of nitrogens with one attached hydrogen (secondary N) is 1. The number of carbonyl (C=O) groups is 1. The molecule has 2 rings (SSSR count). The van der Waals surface area contributed by atoms with E-state index >= 15 is 0 Å². The van der Waals surface area contributed by atoms with Gasteiger partial charge in [-0.2, -0.15) is 5.10 Å². The zero-order valence-electron chi connectivity index (χ0n) is 13.9. The van der Waals surface area contributed by atoms with Crippen molar-refractivity contribution in [3.8, 4) is 0 Å². The van der Waals surface area contributed by atoms with Crippen molar-refractivity contribution in [2.75, 3.05) is 19.6 Å². The van der Waals surface area contributed by atoms with Crippen molar-refractivity contribution in [1.82, 2.24) is 20.0 Å². The number of carbonyl (C=O) groups excluding carboxylic acids is 1. The van der Waals surface area contributed by atoms with Crippen LogP contribution >= 0.6 is 0 Å². The zero-order valence-corrected chi connectivity index (χ0v) is 13.9. The molecular formula is C16H28N4O. The fourth-order valence-electron chi connectivity index (χ4n) is 3.10. The molecule has 1 aromatic rings. The fourth-order valence-corrected chi connectivity index (χ4v) is 3.10. The van der Waals surface area contributed by atoms with Gasteiger partial charge in [-0.1, -0.05) is 13.8 Å². The largest absolute Gasteiger partial charge is 0.337 e. The molecule has 5 heteroatoms. The second-order valence-corrected chi connectivity index (χ2v) is 6.57. The lowest BCUT2D eigenvalue weighted by Crippen LogP contribution is -2.43. The van der Waals surface area contributed by atoms with E-state index in [-0.39, 0.29) is 5.91 Å². The summed E-state index contributed by atoms with van der Waals surface area (Å²) in [7, 11) is 1.89. The molecule has 1 aliphatic rings. The third kappa shape index (κ3) is 3.64. The number of rotatable bonds is 5. The Labute approximate surface area is 127 Å². The molecule has 0 radical (unpaired) electrons. The van der Waals surface area contributed by atoms with Gasteiger partial charge >= 0.3 is 0 Å². The average Bonchev–Trinajstić information content (AvgIpc) is 2.97. The van der Waals surface area contributed by atoms with Crippen molar-refractivity contribution in [3.63, 3.8) is 0 Å².